The molecule has 21 heavy (non-hydrogen) atoms. The Balaban J connectivity index is 2.02. The molecule has 2 aliphatic heterocycles. The highest BCUT2D eigenvalue weighted by atomic mass is 16.2. The Morgan fingerprint density at radius 3 is 2.62 bits per heavy atom. The van der Waals surface area contributed by atoms with Gasteiger partial charge in [-0.05, 0) is 23.7 Å². The van der Waals surface area contributed by atoms with Crippen LogP contribution < -0.4 is 10.8 Å². The van der Waals surface area contributed by atoms with Gasteiger partial charge in [-0.1, -0.05) is 6.07 Å². The Morgan fingerprint density at radius 2 is 1.95 bits per heavy atom. The molecule has 1 atom stereocenters. The number of nitrogens with zero attached hydrogens (tertiary/aromatic N) is 2. The lowest BCUT2D eigenvalue weighted by Gasteiger charge is -2.27. The second kappa shape index (κ2) is 4.58. The third kappa shape index (κ3) is 1.83. The van der Waals surface area contributed by atoms with Gasteiger partial charge in [-0.25, -0.2) is 0 Å². The fraction of sp³-hybridized carbons (Fsp3) is 0.231. The highest BCUT2D eigenvalue weighted by Gasteiger charge is 2.45. The van der Waals surface area contributed by atoms with Crippen LogP contribution in [0.2, 0.25) is 0 Å². The molecule has 0 aliphatic carbocycles. The minimum atomic E-state index is -0.985. The van der Waals surface area contributed by atoms with Gasteiger partial charge in [0.2, 0.25) is 11.8 Å². The lowest BCUT2D eigenvalue weighted by molar-refractivity contribution is -0.210. The normalized spacial score (nSPS) is 21.3. The van der Waals surface area contributed by atoms with Crippen LogP contribution in [0, 0.1) is 0 Å². The summed E-state index contributed by atoms with van der Waals surface area (Å²) < 4.78 is 0. The van der Waals surface area contributed by atoms with Crippen molar-refractivity contribution in [2.45, 2.75) is 18.9 Å². The number of hydrogen-bond donors (Lipinski definition) is 2. The molecule has 0 aromatic heterocycles. The van der Waals surface area contributed by atoms with E-state index in [1.807, 2.05) is 0 Å². The quantitative estimate of drug-likeness (QED) is 0.531. The van der Waals surface area contributed by atoms with Gasteiger partial charge in [-0.2, -0.15) is 5.53 Å². The SMILES string of the molecule is [NH2+]=Nc1cccc2c1C(=O)N(C1CCC(=O)NC1=O)C2=O. The molecule has 0 saturated carbocycles. The van der Waals surface area contributed by atoms with E-state index < -0.39 is 29.7 Å². The number of nitrogens with one attached hydrogen (secondary N) is 1. The molecule has 106 valence electrons. The molecule has 0 spiro atoms. The predicted molar refractivity (Wildman–Crippen MR) is 67.1 cm³/mol. The van der Waals surface area contributed by atoms with Gasteiger partial charge < -0.3 is 0 Å². The van der Waals surface area contributed by atoms with E-state index >= 15 is 0 Å². The summed E-state index contributed by atoms with van der Waals surface area (Å²) in [5, 5.41) is 5.61. The van der Waals surface area contributed by atoms with Crippen molar-refractivity contribution in [2.24, 2.45) is 5.11 Å². The van der Waals surface area contributed by atoms with Crippen molar-refractivity contribution in [1.29, 1.82) is 0 Å². The average Bonchev–Trinajstić information content (AvgIpc) is 2.72. The van der Waals surface area contributed by atoms with Crippen molar-refractivity contribution < 1.29 is 24.7 Å². The number of piperidine rings is 1. The van der Waals surface area contributed by atoms with Crippen LogP contribution in [-0.2, 0) is 9.59 Å². The van der Waals surface area contributed by atoms with Crippen molar-refractivity contribution in [3.05, 3.63) is 29.3 Å². The largest absolute Gasteiger partial charge is 0.295 e. The first-order chi connectivity index (χ1) is 10.0. The van der Waals surface area contributed by atoms with E-state index in [2.05, 4.69) is 10.4 Å². The molecule has 3 N–H and O–H groups in total. The molecule has 1 fully saturated rings. The Labute approximate surface area is 118 Å². The first-order valence-corrected chi connectivity index (χ1v) is 6.30. The molecule has 0 bridgehead atoms. The van der Waals surface area contributed by atoms with Crippen LogP contribution in [0.3, 0.4) is 0 Å². The zero-order valence-electron chi connectivity index (χ0n) is 10.8. The molecule has 3 rings (SSSR count). The number of benzene rings is 1. The first-order valence-electron chi connectivity index (χ1n) is 6.30. The van der Waals surface area contributed by atoms with Gasteiger partial charge in [0.25, 0.3) is 11.8 Å². The Morgan fingerprint density at radius 1 is 1.19 bits per heavy atom. The van der Waals surface area contributed by atoms with Crippen molar-refractivity contribution in [2.75, 3.05) is 0 Å². The summed E-state index contributed by atoms with van der Waals surface area (Å²) in [6, 6.07) is 3.57. The number of amides is 4. The molecule has 0 radical (unpaired) electrons. The maximum absolute atomic E-state index is 12.4. The Kier molecular flexibility index (Phi) is 2.86. The number of imide groups is 2. The zero-order chi connectivity index (χ0) is 15.1. The van der Waals surface area contributed by atoms with Crippen molar-refractivity contribution in [3.8, 4) is 0 Å². The summed E-state index contributed by atoms with van der Waals surface area (Å²) >= 11 is 0. The van der Waals surface area contributed by atoms with Gasteiger partial charge in [-0.15, -0.1) is 0 Å². The molecule has 1 aromatic rings. The highest BCUT2D eigenvalue weighted by Crippen LogP contribution is 2.32. The van der Waals surface area contributed by atoms with E-state index in [4.69, 9.17) is 5.53 Å². The maximum Gasteiger partial charge on any atom is 0.264 e. The van der Waals surface area contributed by atoms with Crippen LogP contribution in [-0.4, -0.2) is 34.6 Å². The van der Waals surface area contributed by atoms with Crippen LogP contribution in [0.1, 0.15) is 33.6 Å². The Bertz CT molecular complexity index is 712. The van der Waals surface area contributed by atoms with Crippen molar-refractivity contribution in [1.82, 2.24) is 10.2 Å². The maximum atomic E-state index is 12.4. The number of nitrogens with two attached hydrogens (primary N) is 1. The van der Waals surface area contributed by atoms with Crippen molar-refractivity contribution in [3.63, 3.8) is 0 Å². The van der Waals surface area contributed by atoms with Crippen LogP contribution in [0.5, 0.6) is 0 Å². The number of hydrogen-bond acceptors (Lipinski definition) is 5. The Hall–Kier alpha value is -2.90. The van der Waals surface area contributed by atoms with E-state index in [0.29, 0.717) is 0 Å². The third-order valence-electron chi connectivity index (χ3n) is 3.59. The smallest absolute Gasteiger partial charge is 0.264 e. The zero-order valence-corrected chi connectivity index (χ0v) is 10.8. The third-order valence-corrected chi connectivity index (χ3v) is 3.59. The molecule has 1 unspecified atom stereocenters. The molecule has 8 nitrogen and oxygen atoms in total. The van der Waals surface area contributed by atoms with Crippen LogP contribution in [0.4, 0.5) is 5.69 Å². The van der Waals surface area contributed by atoms with Gasteiger partial charge in [0, 0.05) is 6.42 Å². The number of rotatable bonds is 2. The van der Waals surface area contributed by atoms with E-state index in [1.165, 1.54) is 12.1 Å². The van der Waals surface area contributed by atoms with E-state index in [1.54, 1.807) is 6.07 Å². The fourth-order valence-electron chi connectivity index (χ4n) is 2.60. The topological polar surface area (TPSA) is 122 Å². The molecule has 1 aromatic carbocycles. The summed E-state index contributed by atoms with van der Waals surface area (Å²) in [5.74, 6) is -2.25. The van der Waals surface area contributed by atoms with E-state index in [-0.39, 0.29) is 29.7 Å². The van der Waals surface area contributed by atoms with Crippen LogP contribution in [0.15, 0.2) is 23.3 Å². The summed E-state index contributed by atoms with van der Waals surface area (Å²) in [4.78, 5) is 48.7. The molecule has 1 saturated heterocycles. The lowest BCUT2D eigenvalue weighted by Crippen LogP contribution is -2.54. The summed E-state index contributed by atoms with van der Waals surface area (Å²) in [6.45, 7) is 0. The summed E-state index contributed by atoms with van der Waals surface area (Å²) in [7, 11) is 0. The van der Waals surface area contributed by atoms with E-state index in [0.717, 1.165) is 4.90 Å². The average molecular weight is 287 g/mol. The number of carbonyl (C=O) groups is 4. The minimum absolute atomic E-state index is 0.0813. The first kappa shape index (κ1) is 13.1. The molecule has 2 aliphatic rings. The number of fused-ring (bicyclic) bond motifs is 1. The second-order valence-corrected chi connectivity index (χ2v) is 4.78. The van der Waals surface area contributed by atoms with E-state index in [9.17, 15) is 19.2 Å². The van der Waals surface area contributed by atoms with Gasteiger partial charge >= 0.3 is 0 Å². The molecular weight excluding hydrogens is 276 g/mol. The number of carbonyl (C=O) groups excluding carboxylic acids is 4. The highest BCUT2D eigenvalue weighted by molar-refractivity contribution is 6.25. The van der Waals surface area contributed by atoms with Crippen LogP contribution in [0.25, 0.3) is 0 Å². The molecule has 4 amide bonds. The summed E-state index contributed by atoms with van der Waals surface area (Å²) in [5.41, 5.74) is 5.67. The standard InChI is InChI=1S/C13H10N4O4/c14-16-7-3-1-2-6-10(7)13(21)17(12(6)20)8-4-5-9(18)15-11(8)19/h1-3,8,14H,4-5H2,(H,15,18,19)/p+1. The fourth-order valence-corrected chi connectivity index (χ4v) is 2.60. The van der Waals surface area contributed by atoms with Gasteiger partial charge in [-0.3, -0.25) is 29.4 Å². The lowest BCUT2D eigenvalue weighted by atomic mass is 10.0. The molecular formula is C13H11N4O4+. The van der Waals surface area contributed by atoms with Gasteiger partial charge in [0.1, 0.15) is 11.7 Å². The van der Waals surface area contributed by atoms with Gasteiger partial charge in [0.05, 0.1) is 11.1 Å². The monoisotopic (exact) mass is 287 g/mol. The minimum Gasteiger partial charge on any atom is -0.295 e. The van der Waals surface area contributed by atoms with Crippen LogP contribution >= 0.6 is 0 Å². The predicted octanol–water partition coefficient (Wildman–Crippen LogP) is -1.07. The van der Waals surface area contributed by atoms with Crippen molar-refractivity contribution >= 4 is 29.3 Å². The summed E-state index contributed by atoms with van der Waals surface area (Å²) in [6.07, 6.45) is 0.198. The van der Waals surface area contributed by atoms with Gasteiger partial charge in [0.15, 0.2) is 0 Å². The second-order valence-electron chi connectivity index (χ2n) is 4.78. The molecule has 8 heteroatoms. The molecule has 2 heterocycles.